The van der Waals surface area contributed by atoms with Crippen LogP contribution in [0.3, 0.4) is 0 Å². The highest BCUT2D eigenvalue weighted by Gasteiger charge is 2.13. The highest BCUT2D eigenvalue weighted by molar-refractivity contribution is 6.30. The van der Waals surface area contributed by atoms with Crippen molar-refractivity contribution in [3.8, 4) is 0 Å². The molecular weight excluding hydrogens is 360 g/mol. The number of carbonyl (C=O) groups is 1. The number of carbonyl (C=O) groups excluding carboxylic acids is 1. The number of halogens is 1. The predicted molar refractivity (Wildman–Crippen MR) is 109 cm³/mol. The van der Waals surface area contributed by atoms with Crippen LogP contribution in [0.4, 0.5) is 11.4 Å². The topological polar surface area (TPSA) is 58.1 Å². The summed E-state index contributed by atoms with van der Waals surface area (Å²) < 4.78 is 0. The van der Waals surface area contributed by atoms with Crippen LogP contribution in [0, 0.1) is 6.92 Å². The Labute approximate surface area is 164 Å². The molecule has 0 radical (unpaired) electrons. The van der Waals surface area contributed by atoms with Gasteiger partial charge in [-0.15, -0.1) is 0 Å². The predicted octanol–water partition coefficient (Wildman–Crippen LogP) is 4.50. The van der Waals surface area contributed by atoms with Crippen LogP contribution in [0.2, 0.25) is 5.02 Å². The molecule has 138 valence electrons. The smallest absolute Gasteiger partial charge is 0.272 e. The highest BCUT2D eigenvalue weighted by atomic mass is 35.5. The number of rotatable bonds is 6. The molecule has 0 aliphatic rings. The number of amides is 1. The molecule has 0 saturated heterocycles. The number of anilines is 2. The molecule has 0 saturated carbocycles. The van der Waals surface area contributed by atoms with Gasteiger partial charge in [0, 0.05) is 36.7 Å². The zero-order valence-corrected chi connectivity index (χ0v) is 16.1. The van der Waals surface area contributed by atoms with E-state index in [-0.39, 0.29) is 5.91 Å². The van der Waals surface area contributed by atoms with Crippen LogP contribution in [-0.2, 0) is 6.42 Å². The molecule has 6 heteroatoms. The van der Waals surface area contributed by atoms with Crippen LogP contribution in [-0.4, -0.2) is 34.4 Å². The van der Waals surface area contributed by atoms with Crippen LogP contribution in [0.15, 0.2) is 61.1 Å². The van der Waals surface area contributed by atoms with E-state index in [1.54, 1.807) is 36.6 Å². The van der Waals surface area contributed by atoms with Gasteiger partial charge in [0.05, 0.1) is 11.9 Å². The van der Waals surface area contributed by atoms with Gasteiger partial charge < -0.3 is 10.2 Å². The van der Waals surface area contributed by atoms with E-state index in [0.717, 1.165) is 28.9 Å². The normalized spacial score (nSPS) is 10.5. The maximum atomic E-state index is 12.5. The number of hydrogen-bond acceptors (Lipinski definition) is 4. The minimum atomic E-state index is -0.102. The van der Waals surface area contributed by atoms with Crippen molar-refractivity contribution in [1.29, 1.82) is 0 Å². The zero-order chi connectivity index (χ0) is 19.2. The van der Waals surface area contributed by atoms with E-state index in [2.05, 4.69) is 15.3 Å². The van der Waals surface area contributed by atoms with Crippen LogP contribution >= 0.6 is 11.6 Å². The maximum absolute atomic E-state index is 12.5. The first-order chi connectivity index (χ1) is 13.0. The monoisotopic (exact) mass is 380 g/mol. The maximum Gasteiger partial charge on any atom is 0.272 e. The van der Waals surface area contributed by atoms with Gasteiger partial charge in [0.15, 0.2) is 0 Å². The molecule has 0 aliphatic carbocycles. The minimum absolute atomic E-state index is 0.102. The van der Waals surface area contributed by atoms with E-state index >= 15 is 0 Å². The lowest BCUT2D eigenvalue weighted by Crippen LogP contribution is -2.29. The number of likely N-dealkylation sites (N-methyl/N-ethyl adjacent to an activating group) is 1. The lowest BCUT2D eigenvalue weighted by molar-refractivity contribution is 0.0791. The summed E-state index contributed by atoms with van der Waals surface area (Å²) in [7, 11) is 1.78. The van der Waals surface area contributed by atoms with E-state index in [1.807, 2.05) is 43.3 Å². The molecule has 27 heavy (non-hydrogen) atoms. The van der Waals surface area contributed by atoms with Gasteiger partial charge in [-0.1, -0.05) is 17.7 Å². The summed E-state index contributed by atoms with van der Waals surface area (Å²) in [5, 5.41) is 3.94. The first kappa shape index (κ1) is 18.9. The molecule has 0 fully saturated rings. The molecule has 1 amide bonds. The van der Waals surface area contributed by atoms with Crippen LogP contribution in [0.25, 0.3) is 0 Å². The Balaban J connectivity index is 1.62. The molecule has 2 heterocycles. The van der Waals surface area contributed by atoms with E-state index in [0.29, 0.717) is 17.3 Å². The fraction of sp³-hybridized carbons (Fsp3) is 0.190. The van der Waals surface area contributed by atoms with Gasteiger partial charge in [-0.3, -0.25) is 9.78 Å². The molecule has 0 bridgehead atoms. The summed E-state index contributed by atoms with van der Waals surface area (Å²) in [6, 6.07) is 13.1. The number of aryl methyl sites for hydroxylation is 1. The third-order valence-electron chi connectivity index (χ3n) is 4.29. The molecule has 0 aliphatic heterocycles. The average molecular weight is 381 g/mol. The Kier molecular flexibility index (Phi) is 6.04. The Morgan fingerprint density at radius 1 is 1.15 bits per heavy atom. The highest BCUT2D eigenvalue weighted by Crippen LogP contribution is 2.24. The average Bonchev–Trinajstić information content (AvgIpc) is 2.70. The van der Waals surface area contributed by atoms with E-state index in [9.17, 15) is 4.79 Å². The van der Waals surface area contributed by atoms with Crippen molar-refractivity contribution < 1.29 is 4.79 Å². The molecule has 2 aromatic heterocycles. The third-order valence-corrected chi connectivity index (χ3v) is 4.53. The molecular formula is C21H21ClN4O. The molecule has 1 aromatic carbocycles. The third kappa shape index (κ3) is 5.05. The van der Waals surface area contributed by atoms with Gasteiger partial charge >= 0.3 is 0 Å². The molecule has 0 spiro atoms. The van der Waals surface area contributed by atoms with Crippen molar-refractivity contribution in [2.75, 3.05) is 18.9 Å². The number of nitrogens with zero attached hydrogens (tertiary/aromatic N) is 3. The largest absolute Gasteiger partial charge is 0.354 e. The van der Waals surface area contributed by atoms with Crippen molar-refractivity contribution in [2.24, 2.45) is 0 Å². The van der Waals surface area contributed by atoms with Crippen LogP contribution < -0.4 is 5.32 Å². The number of benzene rings is 1. The fourth-order valence-electron chi connectivity index (χ4n) is 2.62. The van der Waals surface area contributed by atoms with E-state index in [1.165, 1.54) is 0 Å². The van der Waals surface area contributed by atoms with Crippen LogP contribution in [0.1, 0.15) is 21.6 Å². The lowest BCUT2D eigenvalue weighted by Gasteiger charge is -2.17. The SMILES string of the molecule is Cc1ccc(Cl)cc1Nc1ccc(C(=O)N(C)CCc2ccncc2)nc1. The van der Waals surface area contributed by atoms with Crippen molar-refractivity contribution in [3.05, 3.63) is 82.9 Å². The molecule has 3 aromatic rings. The second-order valence-electron chi connectivity index (χ2n) is 6.35. The second-order valence-corrected chi connectivity index (χ2v) is 6.78. The second kappa shape index (κ2) is 8.64. The van der Waals surface area contributed by atoms with Crippen molar-refractivity contribution >= 4 is 28.9 Å². The first-order valence-electron chi connectivity index (χ1n) is 8.66. The van der Waals surface area contributed by atoms with E-state index in [4.69, 9.17) is 11.6 Å². The van der Waals surface area contributed by atoms with Gasteiger partial charge in [0.1, 0.15) is 5.69 Å². The summed E-state index contributed by atoms with van der Waals surface area (Å²) in [6.07, 6.45) is 5.95. The Morgan fingerprint density at radius 3 is 2.63 bits per heavy atom. The van der Waals surface area contributed by atoms with Crippen molar-refractivity contribution in [2.45, 2.75) is 13.3 Å². The molecule has 1 N–H and O–H groups in total. The van der Waals surface area contributed by atoms with Gasteiger partial charge in [-0.25, -0.2) is 4.98 Å². The molecule has 5 nitrogen and oxygen atoms in total. The quantitative estimate of drug-likeness (QED) is 0.684. The number of nitrogens with one attached hydrogen (secondary N) is 1. The summed E-state index contributed by atoms with van der Waals surface area (Å²) >= 11 is 6.05. The zero-order valence-electron chi connectivity index (χ0n) is 15.3. The van der Waals surface area contributed by atoms with Gasteiger partial charge in [-0.05, 0) is 60.9 Å². The number of aromatic nitrogens is 2. The fourth-order valence-corrected chi connectivity index (χ4v) is 2.79. The first-order valence-corrected chi connectivity index (χ1v) is 9.04. The lowest BCUT2D eigenvalue weighted by atomic mass is 10.2. The molecule has 0 atom stereocenters. The van der Waals surface area contributed by atoms with Gasteiger partial charge in [-0.2, -0.15) is 0 Å². The summed E-state index contributed by atoms with van der Waals surface area (Å²) in [5.74, 6) is -0.102. The Hall–Kier alpha value is -2.92. The van der Waals surface area contributed by atoms with Crippen LogP contribution in [0.5, 0.6) is 0 Å². The molecule has 0 unspecified atom stereocenters. The number of pyridine rings is 2. The molecule has 3 rings (SSSR count). The summed E-state index contributed by atoms with van der Waals surface area (Å²) in [5.41, 5.74) is 4.36. The Morgan fingerprint density at radius 2 is 1.93 bits per heavy atom. The summed E-state index contributed by atoms with van der Waals surface area (Å²) in [6.45, 7) is 2.62. The van der Waals surface area contributed by atoms with Gasteiger partial charge in [0.25, 0.3) is 5.91 Å². The van der Waals surface area contributed by atoms with Crippen molar-refractivity contribution in [1.82, 2.24) is 14.9 Å². The number of hydrogen-bond donors (Lipinski definition) is 1. The van der Waals surface area contributed by atoms with Gasteiger partial charge in [0.2, 0.25) is 0 Å². The minimum Gasteiger partial charge on any atom is -0.354 e. The Bertz CT molecular complexity index is 913. The standard InChI is InChI=1S/C21H21ClN4O/c1-15-3-4-17(22)13-20(15)25-18-5-6-19(24-14-18)21(27)26(2)12-9-16-7-10-23-11-8-16/h3-8,10-11,13-14,25H,9,12H2,1-2H3. The van der Waals surface area contributed by atoms with Crippen molar-refractivity contribution in [3.63, 3.8) is 0 Å². The van der Waals surface area contributed by atoms with E-state index < -0.39 is 0 Å². The summed E-state index contributed by atoms with van der Waals surface area (Å²) in [4.78, 5) is 22.5.